The second kappa shape index (κ2) is 7.12. The first-order valence-electron chi connectivity index (χ1n) is 6.73. The molecule has 0 fully saturated rings. The van der Waals surface area contributed by atoms with Gasteiger partial charge in [-0.15, -0.1) is 0 Å². The Bertz CT molecular complexity index is 581. The van der Waals surface area contributed by atoms with E-state index in [1.807, 2.05) is 19.1 Å². The number of anilines is 1. The molecule has 0 bridgehead atoms. The molecule has 0 aromatic heterocycles. The van der Waals surface area contributed by atoms with Crippen LogP contribution in [0.15, 0.2) is 42.5 Å². The molecule has 0 radical (unpaired) electrons. The Morgan fingerprint density at radius 1 is 1.10 bits per heavy atom. The van der Waals surface area contributed by atoms with E-state index in [0.717, 1.165) is 17.8 Å². The predicted molar refractivity (Wildman–Crippen MR) is 87.7 cm³/mol. The number of hydrogen-bond donors (Lipinski definition) is 1. The highest BCUT2D eigenvalue weighted by atomic mass is 35.5. The zero-order valence-corrected chi connectivity index (χ0v) is 13.2. The molecule has 2 nitrogen and oxygen atoms in total. The molecule has 0 aliphatic heterocycles. The van der Waals surface area contributed by atoms with E-state index in [-0.39, 0.29) is 11.9 Å². The van der Waals surface area contributed by atoms with Gasteiger partial charge < -0.3 is 10.6 Å². The fourth-order valence-electron chi connectivity index (χ4n) is 2.43. The molecular formula is C16H17Cl2FN2. The number of hydrogen-bond acceptors (Lipinski definition) is 2. The van der Waals surface area contributed by atoms with Crippen molar-refractivity contribution >= 4 is 28.9 Å². The number of nitrogens with two attached hydrogens (primary N) is 1. The van der Waals surface area contributed by atoms with Crippen LogP contribution in [0.1, 0.15) is 18.5 Å². The lowest BCUT2D eigenvalue weighted by atomic mass is 10.0. The number of nitrogens with zero attached hydrogens (tertiary/aromatic N) is 1. The summed E-state index contributed by atoms with van der Waals surface area (Å²) < 4.78 is 13.1. The Kier molecular flexibility index (Phi) is 5.45. The first-order valence-corrected chi connectivity index (χ1v) is 7.49. The quantitative estimate of drug-likeness (QED) is 0.865. The normalized spacial score (nSPS) is 12.2. The number of benzene rings is 2. The van der Waals surface area contributed by atoms with Gasteiger partial charge in [-0.2, -0.15) is 0 Å². The Morgan fingerprint density at radius 3 is 2.14 bits per heavy atom. The van der Waals surface area contributed by atoms with Crippen LogP contribution >= 0.6 is 23.2 Å². The third-order valence-corrected chi connectivity index (χ3v) is 3.80. The van der Waals surface area contributed by atoms with Crippen LogP contribution in [0.3, 0.4) is 0 Å². The van der Waals surface area contributed by atoms with Crippen LogP contribution in [0.25, 0.3) is 0 Å². The minimum atomic E-state index is -0.259. The van der Waals surface area contributed by atoms with Crippen LogP contribution in [-0.2, 0) is 0 Å². The molecule has 0 aliphatic rings. The molecule has 21 heavy (non-hydrogen) atoms. The maximum Gasteiger partial charge on any atom is 0.123 e. The van der Waals surface area contributed by atoms with E-state index in [1.54, 1.807) is 18.2 Å². The third-order valence-electron chi connectivity index (χ3n) is 3.37. The van der Waals surface area contributed by atoms with Crippen molar-refractivity contribution < 1.29 is 4.39 Å². The van der Waals surface area contributed by atoms with E-state index in [4.69, 9.17) is 28.9 Å². The molecule has 0 saturated heterocycles. The van der Waals surface area contributed by atoms with Crippen LogP contribution in [0, 0.1) is 5.82 Å². The van der Waals surface area contributed by atoms with Gasteiger partial charge in [0.1, 0.15) is 5.82 Å². The topological polar surface area (TPSA) is 29.3 Å². The summed E-state index contributed by atoms with van der Waals surface area (Å²) in [6.45, 7) is 3.16. The van der Waals surface area contributed by atoms with Crippen molar-refractivity contribution in [3.05, 3.63) is 63.9 Å². The van der Waals surface area contributed by atoms with Gasteiger partial charge in [-0.3, -0.25) is 0 Å². The molecular weight excluding hydrogens is 310 g/mol. The van der Waals surface area contributed by atoms with Crippen molar-refractivity contribution in [1.29, 1.82) is 0 Å². The Balaban J connectivity index is 2.39. The molecule has 0 amide bonds. The van der Waals surface area contributed by atoms with E-state index < -0.39 is 0 Å². The SMILES string of the molecule is CCN(c1ccc(F)cc1)C(CN)c1cc(Cl)cc(Cl)c1. The Morgan fingerprint density at radius 2 is 1.67 bits per heavy atom. The van der Waals surface area contributed by atoms with E-state index in [0.29, 0.717) is 16.6 Å². The second-order valence-corrected chi connectivity index (χ2v) is 5.59. The monoisotopic (exact) mass is 326 g/mol. The molecule has 1 unspecified atom stereocenters. The summed E-state index contributed by atoms with van der Waals surface area (Å²) >= 11 is 12.1. The first kappa shape index (κ1) is 16.1. The van der Waals surface area contributed by atoms with Crippen LogP contribution in [0.5, 0.6) is 0 Å². The lowest BCUT2D eigenvalue weighted by molar-refractivity contribution is 0.622. The predicted octanol–water partition coefficient (Wildman–Crippen LogP) is 4.66. The fourth-order valence-corrected chi connectivity index (χ4v) is 2.97. The van der Waals surface area contributed by atoms with Gasteiger partial charge in [-0.1, -0.05) is 23.2 Å². The second-order valence-electron chi connectivity index (χ2n) is 4.72. The van der Waals surface area contributed by atoms with Crippen molar-refractivity contribution in [2.75, 3.05) is 18.0 Å². The van der Waals surface area contributed by atoms with Gasteiger partial charge in [0.05, 0.1) is 6.04 Å². The van der Waals surface area contributed by atoms with Gasteiger partial charge in [-0.25, -0.2) is 4.39 Å². The largest absolute Gasteiger partial charge is 0.363 e. The van der Waals surface area contributed by atoms with Gasteiger partial charge in [0.15, 0.2) is 0 Å². The van der Waals surface area contributed by atoms with Crippen LogP contribution in [0.2, 0.25) is 10.0 Å². The molecule has 2 aromatic rings. The van der Waals surface area contributed by atoms with E-state index in [9.17, 15) is 4.39 Å². The lowest BCUT2D eigenvalue weighted by Gasteiger charge is -2.32. The van der Waals surface area contributed by atoms with Crippen molar-refractivity contribution in [2.24, 2.45) is 5.73 Å². The van der Waals surface area contributed by atoms with Crippen molar-refractivity contribution in [3.63, 3.8) is 0 Å². The molecule has 2 rings (SSSR count). The number of rotatable bonds is 5. The molecule has 0 saturated carbocycles. The Labute approximate surface area is 134 Å². The minimum Gasteiger partial charge on any atom is -0.363 e. The fraction of sp³-hybridized carbons (Fsp3) is 0.250. The highest BCUT2D eigenvalue weighted by molar-refractivity contribution is 6.34. The zero-order valence-electron chi connectivity index (χ0n) is 11.7. The van der Waals surface area contributed by atoms with Gasteiger partial charge >= 0.3 is 0 Å². The number of halogens is 3. The zero-order chi connectivity index (χ0) is 15.4. The molecule has 0 heterocycles. The first-order chi connectivity index (χ1) is 10.0. The summed E-state index contributed by atoms with van der Waals surface area (Å²) in [5, 5.41) is 1.15. The van der Waals surface area contributed by atoms with Gasteiger partial charge in [-0.05, 0) is 55.0 Å². The molecule has 5 heteroatoms. The molecule has 0 spiro atoms. The van der Waals surface area contributed by atoms with Gasteiger partial charge in [0, 0.05) is 28.8 Å². The van der Waals surface area contributed by atoms with Crippen molar-refractivity contribution in [1.82, 2.24) is 0 Å². The van der Waals surface area contributed by atoms with E-state index in [1.165, 1.54) is 12.1 Å². The molecule has 2 N–H and O–H groups in total. The van der Waals surface area contributed by atoms with Gasteiger partial charge in [0.25, 0.3) is 0 Å². The average Bonchev–Trinajstić information content (AvgIpc) is 2.44. The maximum absolute atomic E-state index is 13.1. The summed E-state index contributed by atoms with van der Waals surface area (Å²) in [6.07, 6.45) is 0. The number of likely N-dealkylation sites (N-methyl/N-ethyl adjacent to an activating group) is 1. The summed E-state index contributed by atoms with van der Waals surface area (Å²) in [5.41, 5.74) is 7.80. The lowest BCUT2D eigenvalue weighted by Crippen LogP contribution is -2.33. The molecule has 0 aliphatic carbocycles. The third kappa shape index (κ3) is 3.88. The summed E-state index contributed by atoms with van der Waals surface area (Å²) in [7, 11) is 0. The molecule has 2 aromatic carbocycles. The van der Waals surface area contributed by atoms with Crippen LogP contribution < -0.4 is 10.6 Å². The van der Waals surface area contributed by atoms with Gasteiger partial charge in [0.2, 0.25) is 0 Å². The van der Waals surface area contributed by atoms with Crippen molar-refractivity contribution in [2.45, 2.75) is 13.0 Å². The minimum absolute atomic E-state index is 0.0725. The smallest absolute Gasteiger partial charge is 0.123 e. The van der Waals surface area contributed by atoms with Crippen molar-refractivity contribution in [3.8, 4) is 0 Å². The maximum atomic E-state index is 13.1. The van der Waals surface area contributed by atoms with Crippen LogP contribution in [0.4, 0.5) is 10.1 Å². The summed E-state index contributed by atoms with van der Waals surface area (Å²) in [6, 6.07) is 11.7. The molecule has 112 valence electrons. The van der Waals surface area contributed by atoms with E-state index in [2.05, 4.69) is 4.90 Å². The van der Waals surface area contributed by atoms with Crippen LogP contribution in [-0.4, -0.2) is 13.1 Å². The standard InChI is InChI=1S/C16H17Cl2FN2/c1-2-21(15-5-3-14(19)4-6-15)16(10-20)11-7-12(17)9-13(18)8-11/h3-9,16H,2,10,20H2,1H3. The van der Waals surface area contributed by atoms with E-state index >= 15 is 0 Å². The highest BCUT2D eigenvalue weighted by Gasteiger charge is 2.19. The Hall–Kier alpha value is -1.29. The molecule has 1 atom stereocenters. The average molecular weight is 327 g/mol. The summed E-state index contributed by atoms with van der Waals surface area (Å²) in [5.74, 6) is -0.259. The summed E-state index contributed by atoms with van der Waals surface area (Å²) in [4.78, 5) is 2.10. The highest BCUT2D eigenvalue weighted by Crippen LogP contribution is 2.30.